The lowest BCUT2D eigenvalue weighted by Gasteiger charge is -2.14. The molecule has 0 fully saturated rings. The summed E-state index contributed by atoms with van der Waals surface area (Å²) in [6.45, 7) is 1.62. The van der Waals surface area contributed by atoms with Crippen LogP contribution >= 0.6 is 11.6 Å². The van der Waals surface area contributed by atoms with Crippen molar-refractivity contribution in [2.45, 2.75) is 12.5 Å². The molecule has 3 nitrogen and oxygen atoms in total. The Hall–Kier alpha value is -1.11. The molecule has 0 aliphatic rings. The summed E-state index contributed by atoms with van der Waals surface area (Å²) in [4.78, 5) is 3.79. The van der Waals surface area contributed by atoms with Gasteiger partial charge in [0.1, 0.15) is 10.7 Å². The summed E-state index contributed by atoms with van der Waals surface area (Å²) < 4.78 is 0. The van der Waals surface area contributed by atoms with Crippen molar-refractivity contribution in [1.29, 1.82) is 5.26 Å². The van der Waals surface area contributed by atoms with Gasteiger partial charge in [0.15, 0.2) is 0 Å². The Morgan fingerprint density at radius 1 is 1.75 bits per heavy atom. The number of pyridine rings is 1. The molecule has 2 N–H and O–H groups in total. The predicted octanol–water partition coefficient (Wildman–Crippen LogP) is 1.43. The van der Waals surface area contributed by atoms with E-state index in [0.29, 0.717) is 10.7 Å². The van der Waals surface area contributed by atoms with Gasteiger partial charge in [-0.05, 0) is 24.6 Å². The molecule has 0 aliphatic carbocycles. The SMILES string of the molecule is CC(N)(C#N)c1ccnc(Cl)c1. The molecular weight excluding hydrogens is 174 g/mol. The van der Waals surface area contributed by atoms with Crippen LogP contribution in [-0.4, -0.2) is 4.98 Å². The van der Waals surface area contributed by atoms with Gasteiger partial charge in [0.25, 0.3) is 0 Å². The lowest BCUT2D eigenvalue weighted by molar-refractivity contribution is 0.645. The van der Waals surface area contributed by atoms with Crippen molar-refractivity contribution in [3.63, 3.8) is 0 Å². The fraction of sp³-hybridized carbons (Fsp3) is 0.250. The predicted molar refractivity (Wildman–Crippen MR) is 46.4 cm³/mol. The first-order chi connectivity index (χ1) is 5.56. The minimum atomic E-state index is -0.993. The molecule has 1 unspecified atom stereocenters. The summed E-state index contributed by atoms with van der Waals surface area (Å²) >= 11 is 5.63. The number of nitriles is 1. The highest BCUT2D eigenvalue weighted by molar-refractivity contribution is 6.29. The Morgan fingerprint density at radius 2 is 2.42 bits per heavy atom. The van der Waals surface area contributed by atoms with Crippen LogP contribution in [0.5, 0.6) is 0 Å². The number of nitrogens with two attached hydrogens (primary N) is 1. The fourth-order valence-electron chi connectivity index (χ4n) is 0.790. The van der Waals surface area contributed by atoms with E-state index in [1.807, 2.05) is 6.07 Å². The highest BCUT2D eigenvalue weighted by Gasteiger charge is 2.20. The molecule has 4 heteroatoms. The molecule has 1 atom stereocenters. The first-order valence-electron chi connectivity index (χ1n) is 3.38. The van der Waals surface area contributed by atoms with Crippen molar-refractivity contribution in [3.05, 3.63) is 29.0 Å². The van der Waals surface area contributed by atoms with Crippen molar-refractivity contribution in [2.24, 2.45) is 5.73 Å². The van der Waals surface area contributed by atoms with Gasteiger partial charge in [-0.2, -0.15) is 5.26 Å². The van der Waals surface area contributed by atoms with E-state index in [1.54, 1.807) is 19.1 Å². The number of hydrogen-bond acceptors (Lipinski definition) is 3. The van der Waals surface area contributed by atoms with E-state index in [4.69, 9.17) is 22.6 Å². The summed E-state index contributed by atoms with van der Waals surface area (Å²) in [5.41, 5.74) is 5.34. The van der Waals surface area contributed by atoms with Crippen molar-refractivity contribution >= 4 is 11.6 Å². The van der Waals surface area contributed by atoms with Crippen molar-refractivity contribution in [1.82, 2.24) is 4.98 Å². The molecule has 0 radical (unpaired) electrons. The molecule has 0 bridgehead atoms. The third-order valence-electron chi connectivity index (χ3n) is 1.56. The third kappa shape index (κ3) is 1.73. The monoisotopic (exact) mass is 181 g/mol. The van der Waals surface area contributed by atoms with Crippen LogP contribution in [0.3, 0.4) is 0 Å². The maximum atomic E-state index is 8.70. The summed E-state index contributed by atoms with van der Waals surface area (Å²) in [5, 5.41) is 9.05. The zero-order chi connectivity index (χ0) is 9.19. The average Bonchev–Trinajstić information content (AvgIpc) is 2.05. The van der Waals surface area contributed by atoms with Crippen LogP contribution < -0.4 is 5.73 Å². The molecular formula is C8H8ClN3. The van der Waals surface area contributed by atoms with Gasteiger partial charge in [-0.1, -0.05) is 11.6 Å². The lowest BCUT2D eigenvalue weighted by atomic mass is 9.96. The molecule has 1 heterocycles. The Kier molecular flexibility index (Phi) is 2.32. The third-order valence-corrected chi connectivity index (χ3v) is 1.77. The quantitative estimate of drug-likeness (QED) is 0.667. The van der Waals surface area contributed by atoms with Gasteiger partial charge in [-0.15, -0.1) is 0 Å². The topological polar surface area (TPSA) is 62.7 Å². The molecule has 0 aromatic carbocycles. The van der Waals surface area contributed by atoms with Gasteiger partial charge in [0, 0.05) is 6.20 Å². The molecule has 0 spiro atoms. The second-order valence-electron chi connectivity index (χ2n) is 2.68. The zero-order valence-corrected chi connectivity index (χ0v) is 7.34. The Labute approximate surface area is 75.8 Å². The van der Waals surface area contributed by atoms with Gasteiger partial charge in [0.05, 0.1) is 6.07 Å². The van der Waals surface area contributed by atoms with Gasteiger partial charge in [-0.25, -0.2) is 4.98 Å². The van der Waals surface area contributed by atoms with Crippen LogP contribution in [0, 0.1) is 11.3 Å². The number of rotatable bonds is 1. The molecule has 0 saturated heterocycles. The van der Waals surface area contributed by atoms with Crippen LogP contribution in [0.2, 0.25) is 5.15 Å². The molecule has 62 valence electrons. The van der Waals surface area contributed by atoms with Crippen LogP contribution in [0.4, 0.5) is 0 Å². The molecule has 1 aromatic rings. The second-order valence-corrected chi connectivity index (χ2v) is 3.07. The van der Waals surface area contributed by atoms with E-state index in [-0.39, 0.29) is 0 Å². The van der Waals surface area contributed by atoms with E-state index in [2.05, 4.69) is 4.98 Å². The van der Waals surface area contributed by atoms with Crippen molar-refractivity contribution in [3.8, 4) is 6.07 Å². The van der Waals surface area contributed by atoms with Crippen LogP contribution in [0.1, 0.15) is 12.5 Å². The maximum absolute atomic E-state index is 8.70. The van der Waals surface area contributed by atoms with Crippen molar-refractivity contribution in [2.75, 3.05) is 0 Å². The summed E-state index contributed by atoms with van der Waals surface area (Å²) in [6.07, 6.45) is 1.53. The number of halogens is 1. The zero-order valence-electron chi connectivity index (χ0n) is 6.58. The number of hydrogen-bond donors (Lipinski definition) is 1. The number of aromatic nitrogens is 1. The van der Waals surface area contributed by atoms with E-state index in [1.165, 1.54) is 6.20 Å². The smallest absolute Gasteiger partial charge is 0.129 e. The van der Waals surface area contributed by atoms with Gasteiger partial charge >= 0.3 is 0 Å². The van der Waals surface area contributed by atoms with E-state index in [0.717, 1.165) is 0 Å². The first-order valence-corrected chi connectivity index (χ1v) is 3.76. The highest BCUT2D eigenvalue weighted by Crippen LogP contribution is 2.18. The van der Waals surface area contributed by atoms with Crippen LogP contribution in [0.25, 0.3) is 0 Å². The normalized spacial score (nSPS) is 14.8. The maximum Gasteiger partial charge on any atom is 0.129 e. The Morgan fingerprint density at radius 3 is 2.92 bits per heavy atom. The van der Waals surface area contributed by atoms with Gasteiger partial charge in [-0.3, -0.25) is 0 Å². The standard InChI is InChI=1S/C8H8ClN3/c1-8(11,5-10)6-2-3-12-7(9)4-6/h2-4H,11H2,1H3. The molecule has 1 aromatic heterocycles. The number of nitrogens with zero attached hydrogens (tertiary/aromatic N) is 2. The van der Waals surface area contributed by atoms with Crippen LogP contribution in [0.15, 0.2) is 18.3 Å². The largest absolute Gasteiger partial charge is 0.310 e. The Balaban J connectivity index is 3.14. The summed E-state index contributed by atoms with van der Waals surface area (Å²) in [6, 6.07) is 5.24. The van der Waals surface area contributed by atoms with Gasteiger partial charge in [0.2, 0.25) is 0 Å². The molecule has 12 heavy (non-hydrogen) atoms. The fourth-order valence-corrected chi connectivity index (χ4v) is 0.964. The molecule has 0 amide bonds. The lowest BCUT2D eigenvalue weighted by Crippen LogP contribution is -2.30. The first kappa shape index (κ1) is 8.98. The second kappa shape index (κ2) is 3.10. The Bertz CT molecular complexity index is 327. The molecule has 1 rings (SSSR count). The van der Waals surface area contributed by atoms with E-state index < -0.39 is 5.54 Å². The molecule has 0 aliphatic heterocycles. The highest BCUT2D eigenvalue weighted by atomic mass is 35.5. The van der Waals surface area contributed by atoms with Crippen LogP contribution in [-0.2, 0) is 5.54 Å². The van der Waals surface area contributed by atoms with E-state index >= 15 is 0 Å². The van der Waals surface area contributed by atoms with E-state index in [9.17, 15) is 0 Å². The van der Waals surface area contributed by atoms with Gasteiger partial charge < -0.3 is 5.73 Å². The summed E-state index contributed by atoms with van der Waals surface area (Å²) in [5.74, 6) is 0. The minimum absolute atomic E-state index is 0.347. The average molecular weight is 182 g/mol. The summed E-state index contributed by atoms with van der Waals surface area (Å²) in [7, 11) is 0. The van der Waals surface area contributed by atoms with Crippen molar-refractivity contribution < 1.29 is 0 Å². The minimum Gasteiger partial charge on any atom is -0.310 e. The molecule has 0 saturated carbocycles.